The summed E-state index contributed by atoms with van der Waals surface area (Å²) in [6.45, 7) is 2.58. The zero-order chi connectivity index (χ0) is 15.1. The van der Waals surface area contributed by atoms with Gasteiger partial charge >= 0.3 is 0 Å². The Morgan fingerprint density at radius 1 is 1.24 bits per heavy atom. The lowest BCUT2D eigenvalue weighted by molar-refractivity contribution is 0.315. The molecule has 2 aromatic rings. The Labute approximate surface area is 125 Å². The molecule has 4 heteroatoms. The molecule has 2 N–H and O–H groups in total. The average molecular weight is 286 g/mol. The summed E-state index contributed by atoms with van der Waals surface area (Å²) < 4.78 is 11.1. The van der Waals surface area contributed by atoms with Crippen LogP contribution in [-0.4, -0.2) is 24.7 Å². The van der Waals surface area contributed by atoms with Crippen molar-refractivity contribution < 1.29 is 9.47 Å². The number of methoxy groups -OCH3 is 1. The van der Waals surface area contributed by atoms with Crippen molar-refractivity contribution >= 4 is 0 Å². The molecule has 0 saturated carbocycles. The van der Waals surface area contributed by atoms with Crippen LogP contribution >= 0.6 is 0 Å². The summed E-state index contributed by atoms with van der Waals surface area (Å²) in [6.07, 6.45) is 3.34. The molecule has 0 amide bonds. The summed E-state index contributed by atoms with van der Waals surface area (Å²) in [6, 6.07) is 11.8. The van der Waals surface area contributed by atoms with Crippen molar-refractivity contribution in [1.29, 1.82) is 0 Å². The summed E-state index contributed by atoms with van der Waals surface area (Å²) in [5.41, 5.74) is 8.00. The minimum Gasteiger partial charge on any atom is -0.497 e. The maximum Gasteiger partial charge on any atom is 0.122 e. The molecule has 1 unspecified atom stereocenters. The van der Waals surface area contributed by atoms with Crippen LogP contribution < -0.4 is 15.2 Å². The zero-order valence-electron chi connectivity index (χ0n) is 12.6. The highest BCUT2D eigenvalue weighted by molar-refractivity contribution is 5.40. The van der Waals surface area contributed by atoms with E-state index in [9.17, 15) is 0 Å². The largest absolute Gasteiger partial charge is 0.497 e. The van der Waals surface area contributed by atoms with Crippen LogP contribution in [0.2, 0.25) is 0 Å². The first-order valence-corrected chi connectivity index (χ1v) is 7.14. The fourth-order valence-corrected chi connectivity index (χ4v) is 2.14. The maximum atomic E-state index is 5.90. The number of hydrogen-bond acceptors (Lipinski definition) is 4. The standard InChI is InChI=1S/C17H22N2O2/c1-13(18)11-14-12-16(20-2)6-7-17(14)21-10-8-15-5-3-4-9-19-15/h3-7,9,12-13H,8,10-11,18H2,1-2H3. The second-order valence-corrected chi connectivity index (χ2v) is 5.07. The number of nitrogens with two attached hydrogens (primary N) is 1. The van der Waals surface area contributed by atoms with Gasteiger partial charge in [-0.3, -0.25) is 4.98 Å². The molecule has 0 aliphatic rings. The Balaban J connectivity index is 2.01. The summed E-state index contributed by atoms with van der Waals surface area (Å²) >= 11 is 0. The number of rotatable bonds is 7. The van der Waals surface area contributed by atoms with Crippen LogP contribution in [0.25, 0.3) is 0 Å². The molecule has 0 aliphatic heterocycles. The molecule has 0 spiro atoms. The zero-order valence-corrected chi connectivity index (χ0v) is 12.6. The van der Waals surface area contributed by atoms with E-state index >= 15 is 0 Å². The first kappa shape index (κ1) is 15.3. The number of nitrogens with zero attached hydrogens (tertiary/aromatic N) is 1. The second kappa shape index (κ2) is 7.64. The van der Waals surface area contributed by atoms with Crippen molar-refractivity contribution in [3.05, 3.63) is 53.9 Å². The molecule has 112 valence electrons. The van der Waals surface area contributed by atoms with Gasteiger partial charge in [0.15, 0.2) is 0 Å². The normalized spacial score (nSPS) is 12.0. The van der Waals surface area contributed by atoms with E-state index in [1.165, 1.54) is 0 Å². The van der Waals surface area contributed by atoms with Gasteiger partial charge in [-0.1, -0.05) is 6.07 Å². The summed E-state index contributed by atoms with van der Waals surface area (Å²) in [5, 5.41) is 0. The Morgan fingerprint density at radius 3 is 2.76 bits per heavy atom. The van der Waals surface area contributed by atoms with Gasteiger partial charge in [0, 0.05) is 24.4 Å². The van der Waals surface area contributed by atoms with E-state index in [-0.39, 0.29) is 6.04 Å². The third-order valence-electron chi connectivity index (χ3n) is 3.15. The van der Waals surface area contributed by atoms with Gasteiger partial charge in [0.1, 0.15) is 11.5 Å². The van der Waals surface area contributed by atoms with Crippen molar-refractivity contribution in [3.63, 3.8) is 0 Å². The summed E-state index contributed by atoms with van der Waals surface area (Å²) in [5.74, 6) is 1.69. The lowest BCUT2D eigenvalue weighted by Gasteiger charge is -2.14. The Bertz CT molecular complexity index is 556. The molecular weight excluding hydrogens is 264 g/mol. The maximum absolute atomic E-state index is 5.90. The van der Waals surface area contributed by atoms with Crippen molar-refractivity contribution in [2.24, 2.45) is 5.73 Å². The van der Waals surface area contributed by atoms with Gasteiger partial charge < -0.3 is 15.2 Å². The van der Waals surface area contributed by atoms with Crippen LogP contribution in [-0.2, 0) is 12.8 Å². The molecule has 0 saturated heterocycles. The van der Waals surface area contributed by atoms with Crippen molar-refractivity contribution in [2.75, 3.05) is 13.7 Å². The molecule has 0 radical (unpaired) electrons. The highest BCUT2D eigenvalue weighted by Crippen LogP contribution is 2.25. The van der Waals surface area contributed by atoms with Gasteiger partial charge in [0.2, 0.25) is 0 Å². The topological polar surface area (TPSA) is 57.4 Å². The molecule has 21 heavy (non-hydrogen) atoms. The number of ether oxygens (including phenoxy) is 2. The van der Waals surface area contributed by atoms with Gasteiger partial charge in [-0.25, -0.2) is 0 Å². The predicted molar refractivity (Wildman–Crippen MR) is 83.8 cm³/mol. The predicted octanol–water partition coefficient (Wildman–Crippen LogP) is 2.60. The number of pyridine rings is 1. The van der Waals surface area contributed by atoms with Gasteiger partial charge in [0.05, 0.1) is 13.7 Å². The van der Waals surface area contributed by atoms with Crippen LogP contribution in [0.3, 0.4) is 0 Å². The molecule has 1 aromatic carbocycles. The SMILES string of the molecule is COc1ccc(OCCc2ccccn2)c(CC(C)N)c1. The van der Waals surface area contributed by atoms with Crippen molar-refractivity contribution in [1.82, 2.24) is 4.98 Å². The highest BCUT2D eigenvalue weighted by Gasteiger charge is 2.08. The van der Waals surface area contributed by atoms with E-state index in [0.717, 1.165) is 35.6 Å². The quantitative estimate of drug-likeness (QED) is 0.850. The molecule has 1 heterocycles. The van der Waals surface area contributed by atoms with E-state index < -0.39 is 0 Å². The Hall–Kier alpha value is -2.07. The van der Waals surface area contributed by atoms with Crippen LogP contribution in [0, 0.1) is 0 Å². The molecule has 1 aromatic heterocycles. The first-order chi connectivity index (χ1) is 10.2. The van der Waals surface area contributed by atoms with Crippen LogP contribution in [0.5, 0.6) is 11.5 Å². The smallest absolute Gasteiger partial charge is 0.122 e. The molecular formula is C17H22N2O2. The molecule has 0 aliphatic carbocycles. The van der Waals surface area contributed by atoms with Crippen LogP contribution in [0.4, 0.5) is 0 Å². The molecule has 0 fully saturated rings. The Morgan fingerprint density at radius 2 is 2.10 bits per heavy atom. The van der Waals surface area contributed by atoms with Crippen LogP contribution in [0.1, 0.15) is 18.2 Å². The lowest BCUT2D eigenvalue weighted by atomic mass is 10.1. The third-order valence-corrected chi connectivity index (χ3v) is 3.15. The van der Waals surface area contributed by atoms with E-state index in [0.29, 0.717) is 6.61 Å². The molecule has 2 rings (SSSR count). The van der Waals surface area contributed by atoms with E-state index in [4.69, 9.17) is 15.2 Å². The number of aromatic nitrogens is 1. The van der Waals surface area contributed by atoms with Gasteiger partial charge in [0.25, 0.3) is 0 Å². The number of benzene rings is 1. The number of hydrogen-bond donors (Lipinski definition) is 1. The third kappa shape index (κ3) is 4.76. The van der Waals surface area contributed by atoms with Gasteiger partial charge in [-0.2, -0.15) is 0 Å². The minimum atomic E-state index is 0.0789. The van der Waals surface area contributed by atoms with E-state index in [2.05, 4.69) is 4.98 Å². The average Bonchev–Trinajstić information content (AvgIpc) is 2.49. The van der Waals surface area contributed by atoms with Crippen molar-refractivity contribution in [3.8, 4) is 11.5 Å². The molecule has 0 bridgehead atoms. The molecule has 4 nitrogen and oxygen atoms in total. The van der Waals surface area contributed by atoms with Crippen molar-refractivity contribution in [2.45, 2.75) is 25.8 Å². The Kier molecular flexibility index (Phi) is 5.58. The van der Waals surface area contributed by atoms with Gasteiger partial charge in [-0.05, 0) is 49.2 Å². The lowest BCUT2D eigenvalue weighted by Crippen LogP contribution is -2.18. The van der Waals surface area contributed by atoms with E-state index in [1.807, 2.05) is 43.3 Å². The van der Waals surface area contributed by atoms with E-state index in [1.54, 1.807) is 13.3 Å². The monoisotopic (exact) mass is 286 g/mol. The van der Waals surface area contributed by atoms with Crippen LogP contribution in [0.15, 0.2) is 42.6 Å². The fourth-order valence-electron chi connectivity index (χ4n) is 2.14. The second-order valence-electron chi connectivity index (χ2n) is 5.07. The highest BCUT2D eigenvalue weighted by atomic mass is 16.5. The minimum absolute atomic E-state index is 0.0789. The molecule has 1 atom stereocenters. The summed E-state index contributed by atoms with van der Waals surface area (Å²) in [4.78, 5) is 4.29. The first-order valence-electron chi connectivity index (χ1n) is 7.14. The fraction of sp³-hybridized carbons (Fsp3) is 0.353. The van der Waals surface area contributed by atoms with Gasteiger partial charge in [-0.15, -0.1) is 0 Å². The summed E-state index contributed by atoms with van der Waals surface area (Å²) in [7, 11) is 1.66.